The lowest BCUT2D eigenvalue weighted by molar-refractivity contribution is -0.144. The van der Waals surface area contributed by atoms with Crippen molar-refractivity contribution in [2.75, 3.05) is 13.7 Å². The van der Waals surface area contributed by atoms with E-state index in [1.807, 2.05) is 27.8 Å². The molecular weight excluding hydrogens is 236 g/mol. The minimum absolute atomic E-state index is 0.138. The lowest BCUT2D eigenvalue weighted by Gasteiger charge is -2.22. The van der Waals surface area contributed by atoms with Crippen LogP contribution in [-0.4, -0.2) is 35.5 Å². The average Bonchev–Trinajstić information content (AvgIpc) is 2.64. The highest BCUT2D eigenvalue weighted by atomic mass is 32.1. The summed E-state index contributed by atoms with van der Waals surface area (Å²) in [6.07, 6.45) is 0.424. The second-order valence-electron chi connectivity index (χ2n) is 4.13. The number of hydrogen-bond acceptors (Lipinski definition) is 5. The number of rotatable bonds is 6. The van der Waals surface area contributed by atoms with Gasteiger partial charge in [0.05, 0.1) is 23.7 Å². The van der Waals surface area contributed by atoms with Crippen molar-refractivity contribution < 1.29 is 9.53 Å². The third-order valence-electron chi connectivity index (χ3n) is 2.60. The first-order valence-corrected chi connectivity index (χ1v) is 6.67. The van der Waals surface area contributed by atoms with E-state index in [-0.39, 0.29) is 12.0 Å². The number of aryl methyl sites for hydroxylation is 1. The van der Waals surface area contributed by atoms with E-state index in [0.717, 1.165) is 17.2 Å². The lowest BCUT2D eigenvalue weighted by Crippen LogP contribution is -2.31. The van der Waals surface area contributed by atoms with Gasteiger partial charge in [-0.25, -0.2) is 4.98 Å². The molecule has 0 aliphatic heterocycles. The number of hydrogen-bond donors (Lipinski definition) is 0. The number of nitrogens with zero attached hydrogens (tertiary/aromatic N) is 2. The SMILES string of the molecule is CCOC(=O)CC(C)N(C)Cc1csc(C)n1. The maximum atomic E-state index is 11.4. The molecule has 17 heavy (non-hydrogen) atoms. The van der Waals surface area contributed by atoms with Crippen molar-refractivity contribution in [2.24, 2.45) is 0 Å². The molecule has 1 heterocycles. The molecule has 1 unspecified atom stereocenters. The van der Waals surface area contributed by atoms with Crippen LogP contribution in [0.15, 0.2) is 5.38 Å². The minimum Gasteiger partial charge on any atom is -0.466 e. The molecule has 1 aromatic rings. The summed E-state index contributed by atoms with van der Waals surface area (Å²) in [4.78, 5) is 17.9. The van der Waals surface area contributed by atoms with Crippen molar-refractivity contribution in [1.29, 1.82) is 0 Å². The fourth-order valence-electron chi connectivity index (χ4n) is 1.51. The Kier molecular flexibility index (Phi) is 5.58. The molecule has 0 aromatic carbocycles. The van der Waals surface area contributed by atoms with Gasteiger partial charge in [0.25, 0.3) is 0 Å². The van der Waals surface area contributed by atoms with E-state index in [1.165, 1.54) is 0 Å². The molecule has 1 rings (SSSR count). The second-order valence-corrected chi connectivity index (χ2v) is 5.19. The van der Waals surface area contributed by atoms with Crippen LogP contribution in [0.4, 0.5) is 0 Å². The van der Waals surface area contributed by atoms with E-state index in [9.17, 15) is 4.79 Å². The molecule has 1 atom stereocenters. The van der Waals surface area contributed by atoms with Gasteiger partial charge in [0.15, 0.2) is 0 Å². The van der Waals surface area contributed by atoms with Gasteiger partial charge in [0.1, 0.15) is 0 Å². The van der Waals surface area contributed by atoms with Gasteiger partial charge < -0.3 is 4.74 Å². The van der Waals surface area contributed by atoms with Crippen molar-refractivity contribution >= 4 is 17.3 Å². The number of thiazole rings is 1. The summed E-state index contributed by atoms with van der Waals surface area (Å²) in [5, 5.41) is 3.13. The number of carbonyl (C=O) groups excluding carboxylic acids is 1. The van der Waals surface area contributed by atoms with E-state index < -0.39 is 0 Å². The molecule has 0 fully saturated rings. The van der Waals surface area contributed by atoms with Gasteiger partial charge in [-0.1, -0.05) is 0 Å². The summed E-state index contributed by atoms with van der Waals surface area (Å²) in [6.45, 7) is 7.06. The van der Waals surface area contributed by atoms with Crippen molar-refractivity contribution in [3.63, 3.8) is 0 Å². The van der Waals surface area contributed by atoms with Crippen LogP contribution in [0.3, 0.4) is 0 Å². The Hall–Kier alpha value is -0.940. The smallest absolute Gasteiger partial charge is 0.307 e. The zero-order chi connectivity index (χ0) is 12.8. The Labute approximate surface area is 107 Å². The normalized spacial score (nSPS) is 12.8. The summed E-state index contributed by atoms with van der Waals surface area (Å²) < 4.78 is 4.94. The Bertz CT molecular complexity index is 365. The van der Waals surface area contributed by atoms with Crippen molar-refractivity contribution in [1.82, 2.24) is 9.88 Å². The Balaban J connectivity index is 2.41. The first-order valence-electron chi connectivity index (χ1n) is 5.79. The van der Waals surface area contributed by atoms with Crippen LogP contribution in [0.1, 0.15) is 31.0 Å². The average molecular weight is 256 g/mol. The molecule has 1 aromatic heterocycles. The topological polar surface area (TPSA) is 42.4 Å². The summed E-state index contributed by atoms with van der Waals surface area (Å²) in [6, 6.07) is 0.163. The van der Waals surface area contributed by atoms with Crippen molar-refractivity contribution in [2.45, 2.75) is 39.8 Å². The van der Waals surface area contributed by atoms with E-state index in [2.05, 4.69) is 15.3 Å². The van der Waals surface area contributed by atoms with Crippen LogP contribution in [-0.2, 0) is 16.1 Å². The zero-order valence-corrected chi connectivity index (χ0v) is 11.7. The van der Waals surface area contributed by atoms with Gasteiger partial charge in [-0.15, -0.1) is 11.3 Å². The molecule has 0 N–H and O–H groups in total. The largest absolute Gasteiger partial charge is 0.466 e. The van der Waals surface area contributed by atoms with Gasteiger partial charge in [-0.2, -0.15) is 0 Å². The molecule has 4 nitrogen and oxygen atoms in total. The predicted molar refractivity (Wildman–Crippen MR) is 69.0 cm³/mol. The summed E-state index contributed by atoms with van der Waals surface area (Å²) >= 11 is 1.65. The number of carbonyl (C=O) groups is 1. The van der Waals surface area contributed by atoms with Gasteiger partial charge in [-0.05, 0) is 27.8 Å². The van der Waals surface area contributed by atoms with E-state index in [4.69, 9.17) is 4.74 Å². The first kappa shape index (κ1) is 14.1. The third kappa shape index (κ3) is 4.83. The summed E-state index contributed by atoms with van der Waals surface area (Å²) in [5.74, 6) is -0.138. The molecular formula is C12H20N2O2S. The maximum Gasteiger partial charge on any atom is 0.307 e. The van der Waals surface area contributed by atoms with E-state index in [0.29, 0.717) is 13.0 Å². The molecule has 0 aliphatic carbocycles. The van der Waals surface area contributed by atoms with E-state index >= 15 is 0 Å². The van der Waals surface area contributed by atoms with Crippen LogP contribution < -0.4 is 0 Å². The van der Waals surface area contributed by atoms with Crippen LogP contribution in [0, 0.1) is 6.92 Å². The predicted octanol–water partition coefficient (Wildman–Crippen LogP) is 2.23. The Morgan fingerprint density at radius 2 is 2.35 bits per heavy atom. The second kappa shape index (κ2) is 6.71. The van der Waals surface area contributed by atoms with Crippen LogP contribution in [0.25, 0.3) is 0 Å². The van der Waals surface area contributed by atoms with Gasteiger partial charge in [-0.3, -0.25) is 9.69 Å². The molecule has 0 amide bonds. The molecule has 96 valence electrons. The molecule has 0 saturated carbocycles. The highest BCUT2D eigenvalue weighted by molar-refractivity contribution is 7.09. The molecule has 5 heteroatoms. The van der Waals surface area contributed by atoms with Gasteiger partial charge >= 0.3 is 5.97 Å². The highest BCUT2D eigenvalue weighted by Gasteiger charge is 2.15. The molecule has 0 bridgehead atoms. The molecule has 0 saturated heterocycles. The summed E-state index contributed by atoms with van der Waals surface area (Å²) in [5.41, 5.74) is 1.06. The third-order valence-corrected chi connectivity index (χ3v) is 3.42. The van der Waals surface area contributed by atoms with Gasteiger partial charge in [0, 0.05) is 18.0 Å². The highest BCUT2D eigenvalue weighted by Crippen LogP contribution is 2.12. The van der Waals surface area contributed by atoms with Crippen LogP contribution in [0.2, 0.25) is 0 Å². The molecule has 0 radical (unpaired) electrons. The van der Waals surface area contributed by atoms with E-state index in [1.54, 1.807) is 11.3 Å². The molecule has 0 aliphatic rings. The monoisotopic (exact) mass is 256 g/mol. The number of ether oxygens (including phenoxy) is 1. The van der Waals surface area contributed by atoms with Gasteiger partial charge in [0.2, 0.25) is 0 Å². The fraction of sp³-hybridized carbons (Fsp3) is 0.667. The van der Waals surface area contributed by atoms with Crippen LogP contribution in [0.5, 0.6) is 0 Å². The van der Waals surface area contributed by atoms with Crippen molar-refractivity contribution in [3.05, 3.63) is 16.1 Å². The quantitative estimate of drug-likeness (QED) is 0.732. The summed E-state index contributed by atoms with van der Waals surface area (Å²) in [7, 11) is 2.00. The Morgan fingerprint density at radius 1 is 1.65 bits per heavy atom. The first-order chi connectivity index (χ1) is 8.02. The maximum absolute atomic E-state index is 11.4. The fourth-order valence-corrected chi connectivity index (χ4v) is 2.11. The Morgan fingerprint density at radius 3 is 2.88 bits per heavy atom. The lowest BCUT2D eigenvalue weighted by atomic mass is 10.2. The minimum atomic E-state index is -0.138. The number of aromatic nitrogens is 1. The van der Waals surface area contributed by atoms with Crippen LogP contribution >= 0.6 is 11.3 Å². The zero-order valence-electron chi connectivity index (χ0n) is 10.9. The standard InChI is InChI=1S/C12H20N2O2S/c1-5-16-12(15)6-9(2)14(4)7-11-8-17-10(3)13-11/h8-9H,5-7H2,1-4H3. The molecule has 0 spiro atoms. The number of esters is 1. The van der Waals surface area contributed by atoms with Crippen molar-refractivity contribution in [3.8, 4) is 0 Å².